The van der Waals surface area contributed by atoms with E-state index in [0.29, 0.717) is 5.13 Å². The van der Waals surface area contributed by atoms with Crippen molar-refractivity contribution in [1.29, 1.82) is 0 Å². The maximum atomic E-state index is 12.0. The van der Waals surface area contributed by atoms with E-state index in [4.69, 9.17) is 4.42 Å². The number of furan rings is 1. The number of aromatic nitrogens is 1. The Kier molecular flexibility index (Phi) is 6.40. The Morgan fingerprint density at radius 2 is 2.19 bits per heavy atom. The Morgan fingerprint density at radius 1 is 1.38 bits per heavy atom. The number of nitrogens with zero attached hydrogens (tertiary/aromatic N) is 2. The van der Waals surface area contributed by atoms with E-state index in [9.17, 15) is 9.59 Å². The van der Waals surface area contributed by atoms with Crippen molar-refractivity contribution in [3.63, 3.8) is 0 Å². The molecule has 0 saturated carbocycles. The van der Waals surface area contributed by atoms with Crippen molar-refractivity contribution in [3.05, 3.63) is 35.2 Å². The molecule has 3 heterocycles. The largest absolute Gasteiger partial charge is 0.459 e. The van der Waals surface area contributed by atoms with Gasteiger partial charge in [0.25, 0.3) is 5.91 Å². The summed E-state index contributed by atoms with van der Waals surface area (Å²) in [5.41, 5.74) is 0.992. The van der Waals surface area contributed by atoms with Crippen molar-refractivity contribution < 1.29 is 14.0 Å². The fraction of sp³-hybridized carbons (Fsp3) is 0.500. The highest BCUT2D eigenvalue weighted by atomic mass is 32.1. The molecular formula is C18H24N4O3S. The van der Waals surface area contributed by atoms with Gasteiger partial charge in [0.05, 0.1) is 12.0 Å². The number of likely N-dealkylation sites (tertiary alicyclic amines) is 1. The van der Waals surface area contributed by atoms with Crippen LogP contribution in [0.5, 0.6) is 0 Å². The van der Waals surface area contributed by atoms with Crippen molar-refractivity contribution in [2.45, 2.75) is 32.7 Å². The summed E-state index contributed by atoms with van der Waals surface area (Å²) in [5.74, 6) is 0.555. The first kappa shape index (κ1) is 18.6. The Hall–Kier alpha value is -2.19. The van der Waals surface area contributed by atoms with Crippen molar-refractivity contribution in [3.8, 4) is 0 Å². The molecule has 0 atom stereocenters. The topological polar surface area (TPSA) is 87.5 Å². The summed E-state index contributed by atoms with van der Waals surface area (Å²) >= 11 is 1.43. The van der Waals surface area contributed by atoms with E-state index in [2.05, 4.69) is 27.4 Å². The van der Waals surface area contributed by atoms with Crippen LogP contribution >= 0.6 is 11.3 Å². The van der Waals surface area contributed by atoms with Crippen LogP contribution in [0.15, 0.2) is 28.2 Å². The molecular weight excluding hydrogens is 352 g/mol. The van der Waals surface area contributed by atoms with Crippen molar-refractivity contribution >= 4 is 28.3 Å². The van der Waals surface area contributed by atoms with Gasteiger partial charge in [-0.2, -0.15) is 0 Å². The summed E-state index contributed by atoms with van der Waals surface area (Å²) in [6.07, 6.45) is 4.09. The van der Waals surface area contributed by atoms with Gasteiger partial charge < -0.3 is 15.1 Å². The minimum Gasteiger partial charge on any atom is -0.459 e. The molecule has 0 radical (unpaired) electrons. The van der Waals surface area contributed by atoms with E-state index in [1.807, 2.05) is 5.38 Å². The molecule has 7 nitrogen and oxygen atoms in total. The average molecular weight is 376 g/mol. The number of hydrogen-bond donors (Lipinski definition) is 2. The fourth-order valence-corrected chi connectivity index (χ4v) is 3.57. The third-order valence-corrected chi connectivity index (χ3v) is 5.25. The summed E-state index contributed by atoms with van der Waals surface area (Å²) in [6.45, 7) is 5.59. The van der Waals surface area contributed by atoms with Gasteiger partial charge >= 0.3 is 0 Å². The van der Waals surface area contributed by atoms with Gasteiger partial charge in [-0.15, -0.1) is 11.3 Å². The smallest absolute Gasteiger partial charge is 0.286 e. The third-order valence-electron chi connectivity index (χ3n) is 4.44. The number of piperidine rings is 1. The van der Waals surface area contributed by atoms with E-state index >= 15 is 0 Å². The highest BCUT2D eigenvalue weighted by Crippen LogP contribution is 2.21. The molecule has 2 amide bonds. The molecule has 0 aliphatic carbocycles. The van der Waals surface area contributed by atoms with E-state index in [-0.39, 0.29) is 30.5 Å². The normalized spacial score (nSPS) is 15.7. The lowest BCUT2D eigenvalue weighted by atomic mass is 9.99. The SMILES string of the molecule is CC1CCN(Cc2csc(NC(=O)CCNC(=O)c3ccco3)n2)CC1. The van der Waals surface area contributed by atoms with Gasteiger partial charge in [0.1, 0.15) is 0 Å². The lowest BCUT2D eigenvalue weighted by Gasteiger charge is -2.29. The lowest BCUT2D eigenvalue weighted by molar-refractivity contribution is -0.116. The Morgan fingerprint density at radius 3 is 2.92 bits per heavy atom. The van der Waals surface area contributed by atoms with Crippen LogP contribution in [0.25, 0.3) is 0 Å². The second-order valence-corrected chi connectivity index (χ2v) is 7.49. The van der Waals surface area contributed by atoms with E-state index in [1.165, 1.54) is 30.4 Å². The second kappa shape index (κ2) is 8.95. The summed E-state index contributed by atoms with van der Waals surface area (Å²) in [4.78, 5) is 30.6. The molecule has 1 aliphatic rings. The minimum atomic E-state index is -0.324. The maximum absolute atomic E-state index is 12.0. The predicted octanol–water partition coefficient (Wildman–Crippen LogP) is 2.73. The molecule has 0 unspecified atom stereocenters. The molecule has 26 heavy (non-hydrogen) atoms. The van der Waals surface area contributed by atoms with Crippen LogP contribution in [0.1, 0.15) is 42.4 Å². The average Bonchev–Trinajstić information content (AvgIpc) is 3.29. The van der Waals surface area contributed by atoms with Crippen LogP contribution in [0.2, 0.25) is 0 Å². The number of amides is 2. The van der Waals surface area contributed by atoms with Gasteiger partial charge in [0.15, 0.2) is 10.9 Å². The van der Waals surface area contributed by atoms with Gasteiger partial charge in [0, 0.05) is 24.9 Å². The molecule has 2 aromatic rings. The number of carbonyl (C=O) groups is 2. The highest BCUT2D eigenvalue weighted by Gasteiger charge is 2.17. The zero-order chi connectivity index (χ0) is 18.4. The first-order valence-electron chi connectivity index (χ1n) is 8.88. The molecule has 8 heteroatoms. The predicted molar refractivity (Wildman–Crippen MR) is 100 cm³/mol. The Labute approximate surface area is 156 Å². The first-order chi connectivity index (χ1) is 12.6. The van der Waals surface area contributed by atoms with E-state index < -0.39 is 0 Å². The molecule has 0 bridgehead atoms. The Bertz CT molecular complexity index is 721. The number of nitrogens with one attached hydrogen (secondary N) is 2. The van der Waals surface area contributed by atoms with Gasteiger partial charge in [-0.05, 0) is 44.0 Å². The van der Waals surface area contributed by atoms with Crippen LogP contribution in [-0.2, 0) is 11.3 Å². The number of rotatable bonds is 7. The van der Waals surface area contributed by atoms with Crippen LogP contribution in [0.3, 0.4) is 0 Å². The van der Waals surface area contributed by atoms with Gasteiger partial charge in [-0.3, -0.25) is 14.5 Å². The van der Waals surface area contributed by atoms with Crippen molar-refractivity contribution in [1.82, 2.24) is 15.2 Å². The van der Waals surface area contributed by atoms with E-state index in [1.54, 1.807) is 12.1 Å². The molecule has 2 N–H and O–H groups in total. The van der Waals surface area contributed by atoms with Gasteiger partial charge in [-0.1, -0.05) is 6.92 Å². The second-order valence-electron chi connectivity index (χ2n) is 6.63. The minimum absolute atomic E-state index is 0.169. The van der Waals surface area contributed by atoms with Crippen LogP contribution in [-0.4, -0.2) is 41.3 Å². The summed E-state index contributed by atoms with van der Waals surface area (Å²) in [6, 6.07) is 3.22. The highest BCUT2D eigenvalue weighted by molar-refractivity contribution is 7.13. The third kappa shape index (κ3) is 5.40. The Balaban J connectivity index is 1.38. The van der Waals surface area contributed by atoms with Crippen molar-refractivity contribution in [2.24, 2.45) is 5.92 Å². The molecule has 140 valence electrons. The number of hydrogen-bond acceptors (Lipinski definition) is 6. The summed E-state index contributed by atoms with van der Waals surface area (Å²) in [5, 5.41) is 8.03. The molecule has 1 saturated heterocycles. The van der Waals surface area contributed by atoms with Gasteiger partial charge in [-0.25, -0.2) is 4.98 Å². The zero-order valence-electron chi connectivity index (χ0n) is 14.9. The maximum Gasteiger partial charge on any atom is 0.286 e. The first-order valence-corrected chi connectivity index (χ1v) is 9.76. The van der Waals surface area contributed by atoms with Crippen LogP contribution in [0.4, 0.5) is 5.13 Å². The molecule has 1 fully saturated rings. The molecule has 2 aromatic heterocycles. The summed E-state index contributed by atoms with van der Waals surface area (Å²) < 4.78 is 4.99. The monoisotopic (exact) mass is 376 g/mol. The molecule has 0 aromatic carbocycles. The number of carbonyl (C=O) groups excluding carboxylic acids is 2. The quantitative estimate of drug-likeness (QED) is 0.776. The zero-order valence-corrected chi connectivity index (χ0v) is 15.7. The lowest BCUT2D eigenvalue weighted by Crippen LogP contribution is -2.32. The number of anilines is 1. The van der Waals surface area contributed by atoms with Crippen LogP contribution < -0.4 is 10.6 Å². The summed E-state index contributed by atoms with van der Waals surface area (Å²) in [7, 11) is 0. The van der Waals surface area contributed by atoms with E-state index in [0.717, 1.165) is 31.2 Å². The molecule has 1 aliphatic heterocycles. The molecule has 3 rings (SSSR count). The molecule has 0 spiro atoms. The number of thiazole rings is 1. The fourth-order valence-electron chi connectivity index (χ4n) is 2.85. The van der Waals surface area contributed by atoms with Gasteiger partial charge in [0.2, 0.25) is 5.91 Å². The van der Waals surface area contributed by atoms with Crippen LogP contribution in [0, 0.1) is 5.92 Å². The standard InChI is InChI=1S/C18H24N4O3S/c1-13-5-8-22(9-6-13)11-14-12-26-18(20-14)21-16(23)4-7-19-17(24)15-3-2-10-25-15/h2-3,10,12-13H,4-9,11H2,1H3,(H,19,24)(H,20,21,23). The van der Waals surface area contributed by atoms with Crippen molar-refractivity contribution in [2.75, 3.05) is 25.0 Å².